The van der Waals surface area contributed by atoms with Gasteiger partial charge in [0.15, 0.2) is 5.82 Å². The number of nitrogens with one attached hydrogen (secondary N) is 1. The second-order valence-corrected chi connectivity index (χ2v) is 5.16. The number of halogens is 3. The van der Waals surface area contributed by atoms with E-state index in [2.05, 4.69) is 20.4 Å². The van der Waals surface area contributed by atoms with Crippen LogP contribution in [0.2, 0.25) is 0 Å². The zero-order valence-corrected chi connectivity index (χ0v) is 11.7. The van der Waals surface area contributed by atoms with Crippen molar-refractivity contribution in [2.75, 3.05) is 5.32 Å². The lowest BCUT2D eigenvalue weighted by Gasteiger charge is -2.02. The number of carbonyl (C=O) groups is 1. The summed E-state index contributed by atoms with van der Waals surface area (Å²) in [5, 5.41) is 7.80. The van der Waals surface area contributed by atoms with Crippen molar-refractivity contribution in [2.45, 2.75) is 32.4 Å². The van der Waals surface area contributed by atoms with Crippen molar-refractivity contribution in [3.05, 3.63) is 21.9 Å². The topological polar surface area (TPSA) is 80.9 Å². The van der Waals surface area contributed by atoms with Crippen molar-refractivity contribution >= 4 is 23.3 Å². The van der Waals surface area contributed by atoms with Crippen molar-refractivity contribution in [3.8, 4) is 0 Å². The van der Waals surface area contributed by atoms with Crippen LogP contribution in [-0.4, -0.2) is 27.2 Å². The molecule has 0 saturated heterocycles. The van der Waals surface area contributed by atoms with Crippen LogP contribution in [-0.2, 0) is 17.6 Å². The van der Waals surface area contributed by atoms with Gasteiger partial charge in [-0.05, 0) is 6.92 Å². The minimum atomic E-state index is -4.21. The molecule has 0 spiro atoms. The average molecular weight is 320 g/mol. The number of amides is 1. The van der Waals surface area contributed by atoms with Gasteiger partial charge in [0.05, 0.1) is 17.1 Å². The molecule has 0 atom stereocenters. The molecule has 21 heavy (non-hydrogen) atoms. The Hall–Kier alpha value is -1.97. The van der Waals surface area contributed by atoms with E-state index in [1.54, 1.807) is 12.3 Å². The fourth-order valence-corrected chi connectivity index (χ4v) is 2.27. The third-order valence-electron chi connectivity index (χ3n) is 2.34. The molecule has 2 rings (SSSR count). The molecule has 2 heterocycles. The summed E-state index contributed by atoms with van der Waals surface area (Å²) in [6, 6.07) is -0.0231. The number of hydrogen-bond donors (Lipinski definition) is 1. The SMILES string of the molecule is Cc1noc(NC(=O)Cc2csc(CCC(F)(F)F)n2)n1. The number of alkyl halides is 3. The molecule has 0 bridgehead atoms. The monoisotopic (exact) mass is 320 g/mol. The first kappa shape index (κ1) is 15.4. The van der Waals surface area contributed by atoms with Gasteiger partial charge in [-0.15, -0.1) is 11.3 Å². The molecule has 0 aromatic carbocycles. The van der Waals surface area contributed by atoms with Crippen LogP contribution in [0.3, 0.4) is 0 Å². The Morgan fingerprint density at radius 3 is 2.81 bits per heavy atom. The second-order valence-electron chi connectivity index (χ2n) is 4.22. The van der Waals surface area contributed by atoms with Gasteiger partial charge in [-0.2, -0.15) is 18.2 Å². The van der Waals surface area contributed by atoms with Gasteiger partial charge < -0.3 is 4.52 Å². The number of rotatable bonds is 5. The first-order valence-corrected chi connectivity index (χ1v) is 6.80. The number of aryl methyl sites for hydroxylation is 2. The lowest BCUT2D eigenvalue weighted by Crippen LogP contribution is -2.15. The maximum Gasteiger partial charge on any atom is 0.389 e. The van der Waals surface area contributed by atoms with Crippen molar-refractivity contribution in [3.63, 3.8) is 0 Å². The number of anilines is 1. The Labute approximate surface area is 121 Å². The van der Waals surface area contributed by atoms with Gasteiger partial charge in [0, 0.05) is 18.2 Å². The average Bonchev–Trinajstić information content (AvgIpc) is 2.95. The van der Waals surface area contributed by atoms with Gasteiger partial charge in [-0.1, -0.05) is 5.16 Å². The summed E-state index contributed by atoms with van der Waals surface area (Å²) in [6.07, 6.45) is -5.38. The summed E-state index contributed by atoms with van der Waals surface area (Å²) in [4.78, 5) is 19.5. The molecule has 0 saturated carbocycles. The minimum Gasteiger partial charge on any atom is -0.315 e. The van der Waals surface area contributed by atoms with E-state index in [-0.39, 0.29) is 18.9 Å². The number of nitrogens with zero attached hydrogens (tertiary/aromatic N) is 3. The summed E-state index contributed by atoms with van der Waals surface area (Å²) in [5.41, 5.74) is 0.408. The van der Waals surface area contributed by atoms with Gasteiger partial charge in [-0.25, -0.2) is 4.98 Å². The molecule has 0 aliphatic heterocycles. The molecule has 0 fully saturated rings. The van der Waals surface area contributed by atoms with Crippen LogP contribution >= 0.6 is 11.3 Å². The van der Waals surface area contributed by atoms with Crippen LogP contribution in [0.5, 0.6) is 0 Å². The van der Waals surface area contributed by atoms with Crippen LogP contribution in [0, 0.1) is 6.92 Å². The van der Waals surface area contributed by atoms with Crippen LogP contribution < -0.4 is 5.32 Å². The predicted molar refractivity (Wildman–Crippen MR) is 67.9 cm³/mol. The lowest BCUT2D eigenvalue weighted by atomic mass is 10.3. The highest BCUT2D eigenvalue weighted by atomic mass is 32.1. The van der Waals surface area contributed by atoms with E-state index in [0.29, 0.717) is 16.5 Å². The molecule has 6 nitrogen and oxygen atoms in total. The van der Waals surface area contributed by atoms with Gasteiger partial charge in [-0.3, -0.25) is 10.1 Å². The van der Waals surface area contributed by atoms with E-state index >= 15 is 0 Å². The standard InChI is InChI=1S/C11H11F3N4O2S/c1-6-15-10(20-18-6)17-8(19)4-7-5-21-9(16-7)2-3-11(12,13)14/h5H,2-4H2,1H3,(H,15,17,18,19). The van der Waals surface area contributed by atoms with Crippen LogP contribution in [0.25, 0.3) is 0 Å². The normalized spacial score (nSPS) is 11.6. The molecule has 0 unspecified atom stereocenters. The molecule has 10 heteroatoms. The Balaban J connectivity index is 1.85. The molecule has 0 aliphatic carbocycles. The van der Waals surface area contributed by atoms with Crippen molar-refractivity contribution in [1.82, 2.24) is 15.1 Å². The van der Waals surface area contributed by atoms with Crippen molar-refractivity contribution < 1.29 is 22.5 Å². The molecule has 2 aromatic rings. The second kappa shape index (κ2) is 6.20. The molecule has 0 aliphatic rings. The number of aromatic nitrogens is 3. The zero-order chi connectivity index (χ0) is 15.5. The highest BCUT2D eigenvalue weighted by Crippen LogP contribution is 2.23. The largest absolute Gasteiger partial charge is 0.389 e. The van der Waals surface area contributed by atoms with Crippen LogP contribution in [0.15, 0.2) is 9.90 Å². The van der Waals surface area contributed by atoms with E-state index in [1.165, 1.54) is 0 Å². The maximum absolute atomic E-state index is 12.1. The van der Waals surface area contributed by atoms with Crippen LogP contribution in [0.1, 0.15) is 22.9 Å². The fraction of sp³-hybridized carbons (Fsp3) is 0.455. The molecule has 1 N–H and O–H groups in total. The molecular weight excluding hydrogens is 309 g/mol. The molecular formula is C11H11F3N4O2S. The Morgan fingerprint density at radius 2 is 2.19 bits per heavy atom. The summed E-state index contributed by atoms with van der Waals surface area (Å²) in [7, 11) is 0. The van der Waals surface area contributed by atoms with E-state index in [0.717, 1.165) is 11.3 Å². The molecule has 114 valence electrons. The predicted octanol–water partition coefficient (Wildman–Crippen LogP) is 2.51. The van der Waals surface area contributed by atoms with E-state index in [4.69, 9.17) is 4.52 Å². The Kier molecular flexibility index (Phi) is 4.56. The van der Waals surface area contributed by atoms with E-state index in [1.807, 2.05) is 0 Å². The third-order valence-corrected chi connectivity index (χ3v) is 3.29. The fourth-order valence-electron chi connectivity index (χ4n) is 1.47. The smallest absolute Gasteiger partial charge is 0.315 e. The Bertz CT molecular complexity index is 623. The van der Waals surface area contributed by atoms with E-state index < -0.39 is 18.5 Å². The highest BCUT2D eigenvalue weighted by molar-refractivity contribution is 7.09. The minimum absolute atomic E-state index is 0.0231. The first-order chi connectivity index (χ1) is 9.82. The number of carbonyl (C=O) groups excluding carboxylic acids is 1. The van der Waals surface area contributed by atoms with Crippen molar-refractivity contribution in [2.24, 2.45) is 0 Å². The zero-order valence-electron chi connectivity index (χ0n) is 10.9. The number of thiazole rings is 1. The number of hydrogen-bond acceptors (Lipinski definition) is 6. The van der Waals surface area contributed by atoms with Crippen molar-refractivity contribution in [1.29, 1.82) is 0 Å². The molecule has 0 radical (unpaired) electrons. The van der Waals surface area contributed by atoms with E-state index in [9.17, 15) is 18.0 Å². The van der Waals surface area contributed by atoms with Gasteiger partial charge in [0.2, 0.25) is 5.91 Å². The quantitative estimate of drug-likeness (QED) is 0.915. The molecule has 2 aromatic heterocycles. The summed E-state index contributed by atoms with van der Waals surface area (Å²) in [6.45, 7) is 1.60. The summed E-state index contributed by atoms with van der Waals surface area (Å²) >= 11 is 1.10. The summed E-state index contributed by atoms with van der Waals surface area (Å²) in [5.74, 6) is -0.0419. The highest BCUT2D eigenvalue weighted by Gasteiger charge is 2.27. The van der Waals surface area contributed by atoms with Crippen LogP contribution in [0.4, 0.5) is 19.2 Å². The first-order valence-electron chi connectivity index (χ1n) is 5.92. The van der Waals surface area contributed by atoms with Gasteiger partial charge in [0.1, 0.15) is 0 Å². The summed E-state index contributed by atoms with van der Waals surface area (Å²) < 4.78 is 41.0. The Morgan fingerprint density at radius 1 is 1.43 bits per heavy atom. The van der Waals surface area contributed by atoms with Gasteiger partial charge >= 0.3 is 12.2 Å². The molecule has 1 amide bonds. The third kappa shape index (κ3) is 5.14. The van der Waals surface area contributed by atoms with Gasteiger partial charge in [0.25, 0.3) is 0 Å². The maximum atomic E-state index is 12.1. The lowest BCUT2D eigenvalue weighted by molar-refractivity contribution is -0.134.